The Hall–Kier alpha value is -4.20. The van der Waals surface area contributed by atoms with Crippen LogP contribution < -0.4 is 15.5 Å². The summed E-state index contributed by atoms with van der Waals surface area (Å²) < 4.78 is 11.0. The molecule has 5 rings (SSSR count). The molecular weight excluding hydrogens is 460 g/mol. The number of hydrogen-bond acceptors (Lipinski definition) is 6. The van der Waals surface area contributed by atoms with Crippen molar-refractivity contribution >= 4 is 16.8 Å². The van der Waals surface area contributed by atoms with Crippen LogP contribution in [0, 0.1) is 6.92 Å². The van der Waals surface area contributed by atoms with Gasteiger partial charge in [0.25, 0.3) is 0 Å². The predicted octanol–water partition coefficient (Wildman–Crippen LogP) is 4.57. The Balaban J connectivity index is 1.48. The third kappa shape index (κ3) is 4.30. The number of phenols is 1. The molecular formula is C28H28N2O6. The maximum Gasteiger partial charge on any atom is 0.227 e. The van der Waals surface area contributed by atoms with Gasteiger partial charge in [0.1, 0.15) is 5.76 Å². The number of aromatic hydroxyl groups is 2. The van der Waals surface area contributed by atoms with Crippen LogP contribution in [0.25, 0.3) is 10.9 Å². The van der Waals surface area contributed by atoms with Gasteiger partial charge < -0.3 is 29.7 Å². The lowest BCUT2D eigenvalue weighted by atomic mass is 9.89. The lowest BCUT2D eigenvalue weighted by molar-refractivity contribution is -0.122. The van der Waals surface area contributed by atoms with Gasteiger partial charge in [-0.1, -0.05) is 24.3 Å². The van der Waals surface area contributed by atoms with Gasteiger partial charge in [0.2, 0.25) is 17.1 Å². The minimum Gasteiger partial charge on any atom is -0.504 e. The standard InChI is InChI=1S/C28H28N2O6/c1-15-12-23(32)27(34)28(36-15)19(16-10-11-22(31)24(13-16)35-2)14-25(33)29-21-9-5-7-18-17-6-3-4-8-20(17)30-26(18)21/h3-4,6,8,10-13,19,21,30-31,34H,5,7,9,14H2,1-2H3,(H,29,33)/t19-,21-/m0/s1. The molecule has 1 amide bonds. The number of aryl methyl sites for hydroxylation is 2. The molecule has 2 atom stereocenters. The lowest BCUT2D eigenvalue weighted by Crippen LogP contribution is -2.32. The highest BCUT2D eigenvalue weighted by Crippen LogP contribution is 2.38. The van der Waals surface area contributed by atoms with Crippen LogP contribution in [0.15, 0.2) is 57.7 Å². The molecule has 4 N–H and O–H groups in total. The highest BCUT2D eigenvalue weighted by molar-refractivity contribution is 5.85. The van der Waals surface area contributed by atoms with Crippen molar-refractivity contribution in [3.63, 3.8) is 0 Å². The number of amides is 1. The average molecular weight is 489 g/mol. The number of phenolic OH excluding ortho intramolecular Hbond substituents is 1. The van der Waals surface area contributed by atoms with E-state index in [9.17, 15) is 19.8 Å². The summed E-state index contributed by atoms with van der Waals surface area (Å²) >= 11 is 0. The minimum absolute atomic E-state index is 0.00200. The van der Waals surface area contributed by atoms with E-state index in [4.69, 9.17) is 9.15 Å². The van der Waals surface area contributed by atoms with E-state index >= 15 is 0 Å². The Morgan fingerprint density at radius 2 is 2.03 bits per heavy atom. The van der Waals surface area contributed by atoms with Gasteiger partial charge in [0.15, 0.2) is 17.3 Å². The summed E-state index contributed by atoms with van der Waals surface area (Å²) in [7, 11) is 1.42. The molecule has 0 spiro atoms. The number of rotatable bonds is 6. The zero-order valence-corrected chi connectivity index (χ0v) is 20.1. The first-order valence-corrected chi connectivity index (χ1v) is 11.9. The van der Waals surface area contributed by atoms with Gasteiger partial charge in [0, 0.05) is 29.1 Å². The zero-order valence-electron chi connectivity index (χ0n) is 20.1. The molecule has 0 saturated heterocycles. The number of benzene rings is 2. The van der Waals surface area contributed by atoms with Crippen molar-refractivity contribution in [2.24, 2.45) is 0 Å². The largest absolute Gasteiger partial charge is 0.504 e. The fraction of sp³-hybridized carbons (Fsp3) is 0.286. The Bertz CT molecular complexity index is 1500. The Morgan fingerprint density at radius 3 is 2.83 bits per heavy atom. The quantitative estimate of drug-likeness (QED) is 0.315. The Labute approximate surface area is 207 Å². The van der Waals surface area contributed by atoms with E-state index in [1.54, 1.807) is 19.1 Å². The molecule has 8 heteroatoms. The van der Waals surface area contributed by atoms with Crippen LogP contribution in [0.2, 0.25) is 0 Å². The smallest absolute Gasteiger partial charge is 0.227 e. The number of aromatic nitrogens is 1. The molecule has 4 aromatic rings. The van der Waals surface area contributed by atoms with Crippen LogP contribution in [0.3, 0.4) is 0 Å². The Morgan fingerprint density at radius 1 is 1.22 bits per heavy atom. The van der Waals surface area contributed by atoms with E-state index in [0.29, 0.717) is 11.3 Å². The van der Waals surface area contributed by atoms with Gasteiger partial charge >= 0.3 is 0 Å². The van der Waals surface area contributed by atoms with Gasteiger partial charge in [-0.2, -0.15) is 0 Å². The summed E-state index contributed by atoms with van der Waals surface area (Å²) in [5.74, 6) is -1.11. The Kier molecular flexibility index (Phi) is 6.18. The molecule has 2 aromatic heterocycles. The molecule has 186 valence electrons. The van der Waals surface area contributed by atoms with E-state index in [0.717, 1.165) is 30.5 Å². The molecule has 0 radical (unpaired) electrons. The van der Waals surface area contributed by atoms with Gasteiger partial charge in [-0.05, 0) is 55.5 Å². The SMILES string of the molecule is COc1cc([C@H](CC(=O)N[C@H]2CCCc3c2[nH]c2ccccc32)c2oc(C)cc(=O)c2O)ccc1O. The highest BCUT2D eigenvalue weighted by Gasteiger charge is 2.30. The third-order valence-corrected chi connectivity index (χ3v) is 6.83. The second kappa shape index (κ2) is 9.45. The summed E-state index contributed by atoms with van der Waals surface area (Å²) in [5, 5.41) is 24.9. The number of aromatic amines is 1. The number of carbonyl (C=O) groups is 1. The van der Waals surface area contributed by atoms with E-state index in [2.05, 4.69) is 16.4 Å². The monoisotopic (exact) mass is 488 g/mol. The number of carbonyl (C=O) groups excluding carboxylic acids is 1. The summed E-state index contributed by atoms with van der Waals surface area (Å²) in [5.41, 5.74) is 3.26. The molecule has 1 aliphatic rings. The van der Waals surface area contributed by atoms with Gasteiger partial charge in [-0.25, -0.2) is 0 Å². The van der Waals surface area contributed by atoms with Crippen molar-refractivity contribution in [1.29, 1.82) is 0 Å². The minimum atomic E-state index is -0.780. The first-order chi connectivity index (χ1) is 17.4. The van der Waals surface area contributed by atoms with E-state index < -0.39 is 17.1 Å². The molecule has 0 saturated carbocycles. The fourth-order valence-electron chi connectivity index (χ4n) is 5.13. The molecule has 1 aliphatic carbocycles. The van der Waals surface area contributed by atoms with E-state index in [1.165, 1.54) is 30.2 Å². The van der Waals surface area contributed by atoms with E-state index in [1.807, 2.05) is 18.2 Å². The molecule has 8 nitrogen and oxygen atoms in total. The predicted molar refractivity (Wildman–Crippen MR) is 135 cm³/mol. The molecule has 2 heterocycles. The number of H-pyrrole nitrogens is 1. The number of methoxy groups -OCH3 is 1. The topological polar surface area (TPSA) is 125 Å². The lowest BCUT2D eigenvalue weighted by Gasteiger charge is -2.25. The summed E-state index contributed by atoms with van der Waals surface area (Å²) in [4.78, 5) is 29.2. The van der Waals surface area contributed by atoms with Crippen LogP contribution in [0.5, 0.6) is 17.2 Å². The molecule has 0 fully saturated rings. The third-order valence-electron chi connectivity index (χ3n) is 6.83. The summed E-state index contributed by atoms with van der Waals surface area (Å²) in [6, 6.07) is 13.8. The molecule has 2 aromatic carbocycles. The fourth-order valence-corrected chi connectivity index (χ4v) is 5.13. The number of ether oxygens (including phenoxy) is 1. The number of hydrogen-bond donors (Lipinski definition) is 4. The van der Waals surface area contributed by atoms with Crippen LogP contribution in [-0.4, -0.2) is 28.2 Å². The van der Waals surface area contributed by atoms with Crippen molar-refractivity contribution < 1.29 is 24.2 Å². The van der Waals surface area contributed by atoms with Crippen molar-refractivity contribution in [2.45, 2.75) is 44.6 Å². The van der Waals surface area contributed by atoms with Crippen molar-refractivity contribution in [3.8, 4) is 17.2 Å². The maximum absolute atomic E-state index is 13.4. The number of fused-ring (bicyclic) bond motifs is 3. The average Bonchev–Trinajstić information content (AvgIpc) is 3.25. The summed E-state index contributed by atoms with van der Waals surface area (Å²) in [6.07, 6.45) is 2.61. The van der Waals surface area contributed by atoms with Crippen LogP contribution in [-0.2, 0) is 11.2 Å². The highest BCUT2D eigenvalue weighted by atomic mass is 16.5. The normalized spacial score (nSPS) is 15.9. The second-order valence-corrected chi connectivity index (χ2v) is 9.20. The van der Waals surface area contributed by atoms with Crippen LogP contribution in [0.4, 0.5) is 0 Å². The van der Waals surface area contributed by atoms with Crippen molar-refractivity contribution in [1.82, 2.24) is 10.3 Å². The molecule has 0 aliphatic heterocycles. The zero-order chi connectivity index (χ0) is 25.4. The van der Waals surface area contributed by atoms with Crippen molar-refractivity contribution in [3.05, 3.63) is 87.1 Å². The second-order valence-electron chi connectivity index (χ2n) is 9.20. The number of para-hydroxylation sites is 1. The van der Waals surface area contributed by atoms with Crippen LogP contribution in [0.1, 0.15) is 59.6 Å². The summed E-state index contributed by atoms with van der Waals surface area (Å²) in [6.45, 7) is 1.61. The molecule has 36 heavy (non-hydrogen) atoms. The van der Waals surface area contributed by atoms with Gasteiger partial charge in [-0.15, -0.1) is 0 Å². The maximum atomic E-state index is 13.4. The van der Waals surface area contributed by atoms with Gasteiger partial charge in [0.05, 0.1) is 19.1 Å². The van der Waals surface area contributed by atoms with Crippen LogP contribution >= 0.6 is 0 Å². The first-order valence-electron chi connectivity index (χ1n) is 11.9. The van der Waals surface area contributed by atoms with E-state index in [-0.39, 0.29) is 35.6 Å². The van der Waals surface area contributed by atoms with Crippen molar-refractivity contribution in [2.75, 3.05) is 7.11 Å². The number of nitrogens with one attached hydrogen (secondary N) is 2. The molecule has 0 bridgehead atoms. The molecule has 0 unspecified atom stereocenters. The van der Waals surface area contributed by atoms with Gasteiger partial charge in [-0.3, -0.25) is 9.59 Å². The first kappa shape index (κ1) is 23.5.